The normalized spacial score (nSPS) is 26.3. The summed E-state index contributed by atoms with van der Waals surface area (Å²) in [6, 6.07) is 9.55. The van der Waals surface area contributed by atoms with Crippen molar-refractivity contribution in [3.63, 3.8) is 0 Å². The van der Waals surface area contributed by atoms with Crippen LogP contribution >= 0.6 is 0 Å². The molecular formula is C18H22N2O4. The zero-order valence-corrected chi connectivity index (χ0v) is 13.6. The van der Waals surface area contributed by atoms with E-state index in [0.717, 1.165) is 5.69 Å². The van der Waals surface area contributed by atoms with Crippen LogP contribution in [0.4, 0.5) is 5.69 Å². The van der Waals surface area contributed by atoms with E-state index in [1.165, 1.54) is 0 Å². The molecule has 1 aromatic rings. The minimum Gasteiger partial charge on any atom is -0.347 e. The summed E-state index contributed by atoms with van der Waals surface area (Å²) in [5.74, 6) is -0.625. The summed E-state index contributed by atoms with van der Waals surface area (Å²) in [5.41, 5.74) is 0.864. The lowest BCUT2D eigenvalue weighted by Gasteiger charge is -2.38. The lowest BCUT2D eigenvalue weighted by Crippen LogP contribution is -2.49. The average molecular weight is 330 g/mol. The topological polar surface area (TPSA) is 59.1 Å². The molecule has 24 heavy (non-hydrogen) atoms. The van der Waals surface area contributed by atoms with Gasteiger partial charge in [-0.3, -0.25) is 9.59 Å². The summed E-state index contributed by atoms with van der Waals surface area (Å²) in [7, 11) is 0. The number of benzene rings is 1. The lowest BCUT2D eigenvalue weighted by molar-refractivity contribution is -0.188. The second kappa shape index (κ2) is 6.18. The molecule has 0 N–H and O–H groups in total. The Morgan fingerprint density at radius 3 is 2.42 bits per heavy atom. The SMILES string of the molecule is O=C([C@H]1CC(=O)N(c2ccccc2)C1)N1CCC2(CC1)OCCO2. The molecule has 1 atom stereocenters. The smallest absolute Gasteiger partial charge is 0.228 e. The number of carbonyl (C=O) groups excluding carboxylic acids is 2. The summed E-state index contributed by atoms with van der Waals surface area (Å²) >= 11 is 0. The maximum atomic E-state index is 12.8. The van der Waals surface area contributed by atoms with Crippen molar-refractivity contribution in [3.05, 3.63) is 30.3 Å². The molecule has 3 aliphatic rings. The summed E-state index contributed by atoms with van der Waals surface area (Å²) in [6.45, 7) is 3.01. The number of likely N-dealkylation sites (tertiary alicyclic amines) is 1. The molecule has 3 fully saturated rings. The Labute approximate surface area is 141 Å². The van der Waals surface area contributed by atoms with E-state index in [0.29, 0.717) is 52.1 Å². The van der Waals surface area contributed by atoms with Gasteiger partial charge < -0.3 is 19.3 Å². The minimum absolute atomic E-state index is 0.0236. The number of nitrogens with zero attached hydrogens (tertiary/aromatic N) is 2. The zero-order chi connectivity index (χ0) is 16.6. The van der Waals surface area contributed by atoms with Crippen molar-refractivity contribution in [2.75, 3.05) is 37.7 Å². The second-order valence-electron chi connectivity index (χ2n) is 6.67. The third-order valence-electron chi connectivity index (χ3n) is 5.19. The van der Waals surface area contributed by atoms with E-state index in [4.69, 9.17) is 9.47 Å². The predicted molar refractivity (Wildman–Crippen MR) is 87.4 cm³/mol. The first-order valence-corrected chi connectivity index (χ1v) is 8.59. The van der Waals surface area contributed by atoms with Gasteiger partial charge in [0, 0.05) is 44.6 Å². The van der Waals surface area contributed by atoms with Crippen LogP contribution in [-0.4, -0.2) is 55.3 Å². The van der Waals surface area contributed by atoms with E-state index < -0.39 is 5.79 Å². The van der Waals surface area contributed by atoms with Gasteiger partial charge in [-0.1, -0.05) is 18.2 Å². The highest BCUT2D eigenvalue weighted by molar-refractivity contribution is 6.00. The zero-order valence-electron chi connectivity index (χ0n) is 13.6. The molecule has 0 aliphatic carbocycles. The first kappa shape index (κ1) is 15.6. The molecule has 4 rings (SSSR count). The van der Waals surface area contributed by atoms with E-state index in [9.17, 15) is 9.59 Å². The predicted octanol–water partition coefficient (Wildman–Crippen LogP) is 1.41. The molecule has 0 aromatic heterocycles. The molecule has 6 nitrogen and oxygen atoms in total. The van der Waals surface area contributed by atoms with Gasteiger partial charge in [-0.15, -0.1) is 0 Å². The number of piperidine rings is 1. The van der Waals surface area contributed by atoms with Gasteiger partial charge >= 0.3 is 0 Å². The molecular weight excluding hydrogens is 308 g/mol. The maximum absolute atomic E-state index is 12.8. The molecule has 0 bridgehead atoms. The number of anilines is 1. The monoisotopic (exact) mass is 330 g/mol. The van der Waals surface area contributed by atoms with E-state index in [1.807, 2.05) is 35.2 Å². The molecule has 0 saturated carbocycles. The van der Waals surface area contributed by atoms with Crippen molar-refractivity contribution in [2.45, 2.75) is 25.0 Å². The number of hydrogen-bond acceptors (Lipinski definition) is 4. The van der Waals surface area contributed by atoms with Crippen LogP contribution in [0.3, 0.4) is 0 Å². The Balaban J connectivity index is 1.38. The fourth-order valence-corrected chi connectivity index (χ4v) is 3.84. The average Bonchev–Trinajstić information content (AvgIpc) is 3.23. The number of ether oxygens (including phenoxy) is 2. The van der Waals surface area contributed by atoms with Gasteiger partial charge in [0.15, 0.2) is 5.79 Å². The van der Waals surface area contributed by atoms with Crippen LogP contribution in [0.25, 0.3) is 0 Å². The van der Waals surface area contributed by atoms with Crippen molar-refractivity contribution in [1.82, 2.24) is 4.90 Å². The van der Waals surface area contributed by atoms with Crippen LogP contribution in [0.1, 0.15) is 19.3 Å². The molecule has 6 heteroatoms. The fourth-order valence-electron chi connectivity index (χ4n) is 3.84. The fraction of sp³-hybridized carbons (Fsp3) is 0.556. The van der Waals surface area contributed by atoms with E-state index in [1.54, 1.807) is 4.90 Å². The van der Waals surface area contributed by atoms with Gasteiger partial charge in [-0.05, 0) is 12.1 Å². The Bertz CT molecular complexity index is 617. The van der Waals surface area contributed by atoms with Crippen LogP contribution in [0, 0.1) is 5.92 Å². The molecule has 0 unspecified atom stereocenters. The lowest BCUT2D eigenvalue weighted by atomic mass is 10.0. The van der Waals surface area contributed by atoms with Crippen molar-refractivity contribution in [2.24, 2.45) is 5.92 Å². The van der Waals surface area contributed by atoms with Crippen LogP contribution in [0.15, 0.2) is 30.3 Å². The number of carbonyl (C=O) groups is 2. The minimum atomic E-state index is -0.474. The summed E-state index contributed by atoms with van der Waals surface area (Å²) < 4.78 is 11.4. The second-order valence-corrected chi connectivity index (χ2v) is 6.67. The van der Waals surface area contributed by atoms with Crippen LogP contribution in [0.2, 0.25) is 0 Å². The van der Waals surface area contributed by atoms with Gasteiger partial charge in [0.25, 0.3) is 0 Å². The van der Waals surface area contributed by atoms with Gasteiger partial charge in [0.05, 0.1) is 19.1 Å². The summed E-state index contributed by atoms with van der Waals surface area (Å²) in [4.78, 5) is 28.7. The van der Waals surface area contributed by atoms with Crippen molar-refractivity contribution >= 4 is 17.5 Å². The first-order valence-electron chi connectivity index (χ1n) is 8.59. The van der Waals surface area contributed by atoms with E-state index in [2.05, 4.69) is 0 Å². The number of rotatable bonds is 2. The van der Waals surface area contributed by atoms with E-state index >= 15 is 0 Å². The van der Waals surface area contributed by atoms with Crippen LogP contribution in [0.5, 0.6) is 0 Å². The standard InChI is InChI=1S/C18H22N2O4/c21-16-12-14(13-20(16)15-4-2-1-3-5-15)17(22)19-8-6-18(7-9-19)23-10-11-24-18/h1-5,14H,6-13H2/t14-/m0/s1. The number of para-hydroxylation sites is 1. The molecule has 0 radical (unpaired) electrons. The maximum Gasteiger partial charge on any atom is 0.228 e. The molecule has 2 amide bonds. The summed E-state index contributed by atoms with van der Waals surface area (Å²) in [6.07, 6.45) is 1.71. The van der Waals surface area contributed by atoms with Gasteiger partial charge in [0.1, 0.15) is 0 Å². The highest BCUT2D eigenvalue weighted by Gasteiger charge is 2.43. The molecule has 128 valence electrons. The molecule has 1 spiro atoms. The molecule has 3 heterocycles. The van der Waals surface area contributed by atoms with E-state index in [-0.39, 0.29) is 17.7 Å². The highest BCUT2D eigenvalue weighted by atomic mass is 16.7. The summed E-state index contributed by atoms with van der Waals surface area (Å²) in [5, 5.41) is 0. The van der Waals surface area contributed by atoms with Gasteiger partial charge in [0.2, 0.25) is 11.8 Å². The third kappa shape index (κ3) is 2.80. The van der Waals surface area contributed by atoms with Crippen LogP contribution in [-0.2, 0) is 19.1 Å². The van der Waals surface area contributed by atoms with Gasteiger partial charge in [-0.25, -0.2) is 0 Å². The Kier molecular flexibility index (Phi) is 4.02. The van der Waals surface area contributed by atoms with Crippen LogP contribution < -0.4 is 4.90 Å². The highest BCUT2D eigenvalue weighted by Crippen LogP contribution is 2.33. The van der Waals surface area contributed by atoms with Crippen molar-refractivity contribution < 1.29 is 19.1 Å². The van der Waals surface area contributed by atoms with Crippen molar-refractivity contribution in [3.8, 4) is 0 Å². The molecule has 1 aromatic carbocycles. The van der Waals surface area contributed by atoms with Crippen molar-refractivity contribution in [1.29, 1.82) is 0 Å². The Morgan fingerprint density at radius 2 is 1.75 bits per heavy atom. The quantitative estimate of drug-likeness (QED) is 0.823. The first-order chi connectivity index (χ1) is 11.7. The molecule has 3 aliphatic heterocycles. The number of hydrogen-bond donors (Lipinski definition) is 0. The third-order valence-corrected chi connectivity index (χ3v) is 5.19. The largest absolute Gasteiger partial charge is 0.347 e. The Hall–Kier alpha value is -1.92. The Morgan fingerprint density at radius 1 is 1.08 bits per heavy atom. The number of amides is 2. The van der Waals surface area contributed by atoms with Gasteiger partial charge in [-0.2, -0.15) is 0 Å². The molecule has 3 saturated heterocycles.